The van der Waals surface area contributed by atoms with Crippen molar-refractivity contribution < 1.29 is 33.3 Å². The largest absolute Gasteiger partial charge is 0.493 e. The van der Waals surface area contributed by atoms with Crippen LogP contribution >= 0.6 is 0 Å². The number of carbonyl (C=O) groups excluding carboxylic acids is 2. The number of fused-ring (bicyclic) bond motifs is 1. The summed E-state index contributed by atoms with van der Waals surface area (Å²) >= 11 is 0. The van der Waals surface area contributed by atoms with Gasteiger partial charge < -0.3 is 23.7 Å². The summed E-state index contributed by atoms with van der Waals surface area (Å²) in [5.74, 6) is 0.0676. The molecule has 8 nitrogen and oxygen atoms in total. The Morgan fingerprint density at radius 2 is 1.97 bits per heavy atom. The molecule has 2 aromatic carbocycles. The highest BCUT2D eigenvalue weighted by Crippen LogP contribution is 2.33. The van der Waals surface area contributed by atoms with E-state index in [9.17, 15) is 9.59 Å². The minimum absolute atomic E-state index is 0.0179. The van der Waals surface area contributed by atoms with Crippen LogP contribution in [0.5, 0.6) is 23.0 Å². The van der Waals surface area contributed by atoms with Gasteiger partial charge in [-0.05, 0) is 42.8 Å². The van der Waals surface area contributed by atoms with E-state index >= 15 is 0 Å². The molecule has 0 aromatic heterocycles. The van der Waals surface area contributed by atoms with Gasteiger partial charge in [-0.1, -0.05) is 18.2 Å². The average Bonchev–Trinajstić information content (AvgIpc) is 2.77. The molecule has 0 N–H and O–H groups in total. The summed E-state index contributed by atoms with van der Waals surface area (Å²) in [5, 5.41) is 9.15. The Bertz CT molecular complexity index is 1020. The molecule has 3 rings (SSSR count). The third kappa shape index (κ3) is 4.70. The molecule has 2 aromatic rings. The van der Waals surface area contributed by atoms with Crippen LogP contribution in [0, 0.1) is 11.3 Å². The monoisotopic (exact) mass is 409 g/mol. The van der Waals surface area contributed by atoms with Crippen LogP contribution < -0.4 is 18.9 Å². The normalized spacial score (nSPS) is 15.0. The van der Waals surface area contributed by atoms with Crippen molar-refractivity contribution in [1.29, 1.82) is 5.26 Å². The lowest BCUT2D eigenvalue weighted by atomic mass is 10.1. The molecule has 0 bridgehead atoms. The highest BCUT2D eigenvalue weighted by Gasteiger charge is 2.29. The molecule has 1 unspecified atom stereocenters. The van der Waals surface area contributed by atoms with Crippen LogP contribution in [0.3, 0.4) is 0 Å². The Morgan fingerprint density at radius 3 is 2.67 bits per heavy atom. The minimum atomic E-state index is -0.932. The molecule has 0 saturated heterocycles. The standard InChI is InChI=1S/C22H19NO7/c1-3-27-21(24)15(12-23)10-14-8-9-18(19(11-14)26-2)30-22(25)20-13-28-16-6-4-5-7-17(16)29-20/h4-11,20H,3,13H2,1-2H3/b15-10+. The van der Waals surface area contributed by atoms with E-state index in [0.717, 1.165) is 0 Å². The van der Waals surface area contributed by atoms with Crippen molar-refractivity contribution in [1.82, 2.24) is 0 Å². The number of rotatable bonds is 6. The zero-order valence-corrected chi connectivity index (χ0v) is 16.4. The fourth-order valence-electron chi connectivity index (χ4n) is 2.68. The number of ether oxygens (including phenoxy) is 5. The van der Waals surface area contributed by atoms with Gasteiger partial charge in [-0.15, -0.1) is 0 Å². The zero-order chi connectivity index (χ0) is 21.5. The van der Waals surface area contributed by atoms with Crippen LogP contribution in [-0.2, 0) is 14.3 Å². The summed E-state index contributed by atoms with van der Waals surface area (Å²) in [6, 6.07) is 13.4. The molecular weight excluding hydrogens is 390 g/mol. The highest BCUT2D eigenvalue weighted by atomic mass is 16.6. The smallest absolute Gasteiger partial charge is 0.356 e. The molecule has 154 valence electrons. The lowest BCUT2D eigenvalue weighted by Crippen LogP contribution is -2.39. The highest BCUT2D eigenvalue weighted by molar-refractivity contribution is 5.98. The summed E-state index contributed by atoms with van der Waals surface area (Å²) in [4.78, 5) is 24.3. The summed E-state index contributed by atoms with van der Waals surface area (Å²) < 4.78 is 26.7. The molecule has 1 aliphatic rings. The van der Waals surface area contributed by atoms with Crippen molar-refractivity contribution in [3.63, 3.8) is 0 Å². The third-order valence-corrected chi connectivity index (χ3v) is 4.10. The summed E-state index contributed by atoms with van der Waals surface area (Å²) in [5.41, 5.74) is 0.345. The van der Waals surface area contributed by atoms with Crippen molar-refractivity contribution in [2.45, 2.75) is 13.0 Å². The number of esters is 2. The van der Waals surface area contributed by atoms with Crippen molar-refractivity contribution in [2.75, 3.05) is 20.3 Å². The maximum absolute atomic E-state index is 12.5. The van der Waals surface area contributed by atoms with E-state index < -0.39 is 18.0 Å². The Labute approximate surface area is 173 Å². The Morgan fingerprint density at radius 1 is 1.20 bits per heavy atom. The zero-order valence-electron chi connectivity index (χ0n) is 16.4. The van der Waals surface area contributed by atoms with Crippen molar-refractivity contribution in [3.8, 4) is 29.1 Å². The molecule has 0 amide bonds. The molecule has 0 fully saturated rings. The van der Waals surface area contributed by atoms with Gasteiger partial charge in [0.15, 0.2) is 23.0 Å². The van der Waals surface area contributed by atoms with Crippen LogP contribution in [0.15, 0.2) is 48.0 Å². The lowest BCUT2D eigenvalue weighted by molar-refractivity contribution is -0.144. The number of para-hydroxylation sites is 2. The number of hydrogen-bond acceptors (Lipinski definition) is 8. The topological polar surface area (TPSA) is 104 Å². The quantitative estimate of drug-likeness (QED) is 0.310. The van der Waals surface area contributed by atoms with Crippen molar-refractivity contribution in [3.05, 3.63) is 53.6 Å². The van der Waals surface area contributed by atoms with Gasteiger partial charge in [0.2, 0.25) is 6.10 Å². The second-order valence-corrected chi connectivity index (χ2v) is 6.09. The molecular formula is C22H19NO7. The Kier molecular flexibility index (Phi) is 6.55. The van der Waals surface area contributed by atoms with Crippen molar-refractivity contribution >= 4 is 18.0 Å². The first kappa shape index (κ1) is 20.7. The van der Waals surface area contributed by atoms with Crippen molar-refractivity contribution in [2.24, 2.45) is 0 Å². The van der Waals surface area contributed by atoms with Gasteiger partial charge in [-0.25, -0.2) is 9.59 Å². The van der Waals surface area contributed by atoms with Gasteiger partial charge >= 0.3 is 11.9 Å². The van der Waals surface area contributed by atoms with Crippen LogP contribution in [0.2, 0.25) is 0 Å². The predicted molar refractivity (Wildman–Crippen MR) is 105 cm³/mol. The van der Waals surface area contributed by atoms with Gasteiger partial charge in [0.05, 0.1) is 13.7 Å². The first-order chi connectivity index (χ1) is 14.5. The maximum Gasteiger partial charge on any atom is 0.356 e. The number of nitriles is 1. The van der Waals surface area contributed by atoms with E-state index in [4.69, 9.17) is 28.9 Å². The van der Waals surface area contributed by atoms with Gasteiger partial charge in [0.25, 0.3) is 0 Å². The molecule has 8 heteroatoms. The third-order valence-electron chi connectivity index (χ3n) is 4.10. The van der Waals surface area contributed by atoms with Crippen LogP contribution in [0.4, 0.5) is 0 Å². The first-order valence-corrected chi connectivity index (χ1v) is 9.12. The van der Waals surface area contributed by atoms with Crippen LogP contribution in [0.25, 0.3) is 6.08 Å². The molecule has 1 aliphatic heterocycles. The molecule has 0 spiro atoms. The number of carbonyl (C=O) groups is 2. The summed E-state index contributed by atoms with van der Waals surface area (Å²) in [6.45, 7) is 1.83. The molecule has 1 atom stereocenters. The molecule has 0 saturated carbocycles. The fourth-order valence-corrected chi connectivity index (χ4v) is 2.68. The summed E-state index contributed by atoms with van der Waals surface area (Å²) in [6.07, 6.45) is 0.430. The van der Waals surface area contributed by atoms with E-state index in [1.807, 2.05) is 0 Å². The van der Waals surface area contributed by atoms with Gasteiger partial charge in [-0.2, -0.15) is 5.26 Å². The SMILES string of the molecule is CCOC(=O)/C(C#N)=C/c1ccc(OC(=O)C2COc3ccccc3O2)c(OC)c1. The number of nitrogens with zero attached hydrogens (tertiary/aromatic N) is 1. The number of methoxy groups -OCH3 is 1. The predicted octanol–water partition coefficient (Wildman–Crippen LogP) is 2.91. The van der Waals surface area contributed by atoms with E-state index in [-0.39, 0.29) is 30.3 Å². The maximum atomic E-state index is 12.5. The molecule has 30 heavy (non-hydrogen) atoms. The molecule has 0 aliphatic carbocycles. The van der Waals surface area contributed by atoms with E-state index in [1.165, 1.54) is 25.3 Å². The summed E-state index contributed by atoms with van der Waals surface area (Å²) in [7, 11) is 1.41. The lowest BCUT2D eigenvalue weighted by Gasteiger charge is -2.25. The van der Waals surface area contributed by atoms with Gasteiger partial charge in [-0.3, -0.25) is 0 Å². The Balaban J connectivity index is 1.75. The average molecular weight is 409 g/mol. The van der Waals surface area contributed by atoms with E-state index in [2.05, 4.69) is 0 Å². The van der Waals surface area contributed by atoms with Crippen LogP contribution in [0.1, 0.15) is 12.5 Å². The first-order valence-electron chi connectivity index (χ1n) is 9.12. The van der Waals surface area contributed by atoms with E-state index in [1.54, 1.807) is 43.3 Å². The molecule has 0 radical (unpaired) electrons. The van der Waals surface area contributed by atoms with Gasteiger partial charge in [0, 0.05) is 0 Å². The second-order valence-electron chi connectivity index (χ2n) is 6.09. The second kappa shape index (κ2) is 9.47. The van der Waals surface area contributed by atoms with Gasteiger partial charge in [0.1, 0.15) is 18.2 Å². The van der Waals surface area contributed by atoms with Crippen LogP contribution in [-0.4, -0.2) is 38.4 Å². The Hall–Kier alpha value is -3.99. The minimum Gasteiger partial charge on any atom is -0.493 e. The number of benzene rings is 2. The van der Waals surface area contributed by atoms with E-state index in [0.29, 0.717) is 17.1 Å². The molecule has 1 heterocycles. The number of hydrogen-bond donors (Lipinski definition) is 0. The fraction of sp³-hybridized carbons (Fsp3) is 0.227.